The number of hydrogen-bond acceptors (Lipinski definition) is 4. The van der Waals surface area contributed by atoms with E-state index in [9.17, 15) is 14.0 Å². The normalized spacial score (nSPS) is 12.7. The van der Waals surface area contributed by atoms with Gasteiger partial charge in [-0.15, -0.1) is 0 Å². The second-order valence-electron chi connectivity index (χ2n) is 11.5. The minimum Gasteiger partial charge on any atom is -0.457 e. The fraction of sp³-hybridized carbons (Fsp3) is 0.179. The van der Waals surface area contributed by atoms with Crippen LogP contribution >= 0.6 is 0 Å². The highest BCUT2D eigenvalue weighted by atomic mass is 19.1. The molecule has 0 fully saturated rings. The van der Waals surface area contributed by atoms with E-state index in [0.29, 0.717) is 35.0 Å². The van der Waals surface area contributed by atoms with Gasteiger partial charge in [0.2, 0.25) is 5.91 Å². The standard InChI is InChI=1S/C39H36FN3O3/c1-27-10-8-11-28(2)37(27)41-39(45)38(30-13-9-16-34(26-30)46-33-14-4-3-5-15-33)43(32-20-18-31(40)19-21-32)36(44)23-25-42-24-22-29-12-6-7-17-35(29)42/h3-21,26,38H,22-25H2,1-2H3,(H,41,45). The van der Waals surface area contributed by atoms with Gasteiger partial charge in [0.05, 0.1) is 0 Å². The molecule has 0 aliphatic carbocycles. The molecule has 2 amide bonds. The predicted molar refractivity (Wildman–Crippen MR) is 181 cm³/mol. The number of nitrogens with zero attached hydrogens (tertiary/aromatic N) is 2. The van der Waals surface area contributed by atoms with Gasteiger partial charge in [0.1, 0.15) is 23.4 Å². The summed E-state index contributed by atoms with van der Waals surface area (Å²) in [5.41, 5.74) is 5.85. The summed E-state index contributed by atoms with van der Waals surface area (Å²) in [6.45, 7) is 5.17. The van der Waals surface area contributed by atoms with Gasteiger partial charge in [-0.25, -0.2) is 4.39 Å². The van der Waals surface area contributed by atoms with Crippen molar-refractivity contribution in [3.8, 4) is 11.5 Å². The van der Waals surface area contributed by atoms with Crippen LogP contribution in [0.15, 0.2) is 121 Å². The van der Waals surface area contributed by atoms with E-state index in [1.165, 1.54) is 22.6 Å². The summed E-state index contributed by atoms with van der Waals surface area (Å²) in [7, 11) is 0. The summed E-state index contributed by atoms with van der Waals surface area (Å²) in [5.74, 6) is 0.0902. The summed E-state index contributed by atoms with van der Waals surface area (Å²) in [6.07, 6.45) is 1.07. The van der Waals surface area contributed by atoms with E-state index >= 15 is 0 Å². The molecule has 1 aliphatic rings. The number of ether oxygens (including phenoxy) is 1. The summed E-state index contributed by atoms with van der Waals surface area (Å²) < 4.78 is 20.3. The van der Waals surface area contributed by atoms with Crippen molar-refractivity contribution in [2.24, 2.45) is 0 Å². The zero-order valence-corrected chi connectivity index (χ0v) is 25.9. The fourth-order valence-electron chi connectivity index (χ4n) is 6.02. The minimum atomic E-state index is -1.08. The third kappa shape index (κ3) is 6.79. The van der Waals surface area contributed by atoms with Gasteiger partial charge in [-0.3, -0.25) is 14.5 Å². The maximum atomic E-state index is 14.5. The van der Waals surface area contributed by atoms with Crippen LogP contribution in [0.2, 0.25) is 0 Å². The van der Waals surface area contributed by atoms with Crippen molar-refractivity contribution in [3.63, 3.8) is 0 Å². The molecule has 0 bridgehead atoms. The van der Waals surface area contributed by atoms with Crippen LogP contribution < -0.4 is 19.9 Å². The van der Waals surface area contributed by atoms with Gasteiger partial charge >= 0.3 is 0 Å². The summed E-state index contributed by atoms with van der Waals surface area (Å²) >= 11 is 0. The average molecular weight is 614 g/mol. The van der Waals surface area contributed by atoms with E-state index in [0.717, 1.165) is 29.8 Å². The van der Waals surface area contributed by atoms with Crippen LogP contribution in [0.1, 0.15) is 34.7 Å². The molecule has 0 saturated carbocycles. The Bertz CT molecular complexity index is 1820. The summed E-state index contributed by atoms with van der Waals surface area (Å²) in [4.78, 5) is 32.5. The molecule has 6 nitrogen and oxygen atoms in total. The highest BCUT2D eigenvalue weighted by molar-refractivity contribution is 6.06. The first-order valence-electron chi connectivity index (χ1n) is 15.5. The van der Waals surface area contributed by atoms with Crippen molar-refractivity contribution in [1.82, 2.24) is 0 Å². The van der Waals surface area contributed by atoms with Crippen LogP contribution in [0.5, 0.6) is 11.5 Å². The molecule has 0 saturated heterocycles. The minimum absolute atomic E-state index is 0.152. The van der Waals surface area contributed by atoms with Crippen LogP contribution in [0.25, 0.3) is 0 Å². The van der Waals surface area contributed by atoms with Gasteiger partial charge < -0.3 is 15.0 Å². The molecule has 232 valence electrons. The maximum absolute atomic E-state index is 14.5. The lowest BCUT2D eigenvalue weighted by Gasteiger charge is -2.33. The molecule has 1 unspecified atom stereocenters. The van der Waals surface area contributed by atoms with Gasteiger partial charge in [-0.1, -0.05) is 66.7 Å². The molecule has 1 aliphatic heterocycles. The molecule has 0 aromatic heterocycles. The SMILES string of the molecule is Cc1cccc(C)c1NC(=O)C(c1cccc(Oc2ccccc2)c1)N(C(=O)CCN1CCc2ccccc21)c1ccc(F)cc1. The quantitative estimate of drug-likeness (QED) is 0.172. The first-order valence-corrected chi connectivity index (χ1v) is 15.5. The van der Waals surface area contributed by atoms with Gasteiger partial charge in [-0.2, -0.15) is 0 Å². The highest BCUT2D eigenvalue weighted by Crippen LogP contribution is 2.34. The molecule has 1 N–H and O–H groups in total. The van der Waals surface area contributed by atoms with Gasteiger partial charge in [0, 0.05) is 36.6 Å². The van der Waals surface area contributed by atoms with E-state index < -0.39 is 17.8 Å². The predicted octanol–water partition coefficient (Wildman–Crippen LogP) is 8.40. The second kappa shape index (κ2) is 13.7. The summed E-state index contributed by atoms with van der Waals surface area (Å²) in [6, 6.07) is 35.2. The zero-order valence-electron chi connectivity index (χ0n) is 25.9. The number of hydrogen-bond donors (Lipinski definition) is 1. The lowest BCUT2D eigenvalue weighted by Crippen LogP contribution is -2.43. The molecule has 6 rings (SSSR count). The molecule has 0 radical (unpaired) electrons. The number of benzene rings is 5. The monoisotopic (exact) mass is 613 g/mol. The van der Waals surface area contributed by atoms with E-state index in [2.05, 4.69) is 22.3 Å². The maximum Gasteiger partial charge on any atom is 0.252 e. The molecule has 1 atom stereocenters. The zero-order chi connectivity index (χ0) is 32.0. The number of anilines is 3. The number of carbonyl (C=O) groups is 2. The Balaban J connectivity index is 1.39. The number of aryl methyl sites for hydroxylation is 2. The van der Waals surface area contributed by atoms with Gasteiger partial charge in [0.25, 0.3) is 5.91 Å². The van der Waals surface area contributed by atoms with Crippen molar-refractivity contribution >= 4 is 28.9 Å². The van der Waals surface area contributed by atoms with Crippen molar-refractivity contribution in [2.45, 2.75) is 32.7 Å². The van der Waals surface area contributed by atoms with Gasteiger partial charge in [0.15, 0.2) is 0 Å². The molecule has 46 heavy (non-hydrogen) atoms. The van der Waals surface area contributed by atoms with Crippen LogP contribution in [0, 0.1) is 19.7 Å². The van der Waals surface area contributed by atoms with Crippen LogP contribution in [0.4, 0.5) is 21.5 Å². The fourth-order valence-corrected chi connectivity index (χ4v) is 6.02. The van der Waals surface area contributed by atoms with Gasteiger partial charge in [-0.05, 0) is 97.1 Å². The van der Waals surface area contributed by atoms with E-state index in [1.807, 2.05) is 86.6 Å². The van der Waals surface area contributed by atoms with Crippen molar-refractivity contribution < 1.29 is 18.7 Å². The molecule has 0 spiro atoms. The lowest BCUT2D eigenvalue weighted by molar-refractivity contribution is -0.123. The number of rotatable bonds is 10. The van der Waals surface area contributed by atoms with Crippen LogP contribution in [0.3, 0.4) is 0 Å². The number of halogens is 1. The van der Waals surface area contributed by atoms with Crippen molar-refractivity contribution in [1.29, 1.82) is 0 Å². The van der Waals surface area contributed by atoms with Crippen LogP contribution in [-0.4, -0.2) is 24.9 Å². The third-order valence-electron chi connectivity index (χ3n) is 8.34. The first kappa shape index (κ1) is 30.6. The number of amides is 2. The number of nitrogens with one attached hydrogen (secondary N) is 1. The molecule has 5 aromatic carbocycles. The second-order valence-corrected chi connectivity index (χ2v) is 11.5. The smallest absolute Gasteiger partial charge is 0.252 e. The molecular weight excluding hydrogens is 577 g/mol. The number of fused-ring (bicyclic) bond motifs is 1. The highest BCUT2D eigenvalue weighted by Gasteiger charge is 2.34. The van der Waals surface area contributed by atoms with E-state index in [-0.39, 0.29) is 12.3 Å². The Morgan fingerprint density at radius 1 is 0.826 bits per heavy atom. The lowest BCUT2D eigenvalue weighted by atomic mass is 10.0. The number of para-hydroxylation sites is 3. The molecule has 1 heterocycles. The Labute approximate surface area is 269 Å². The Morgan fingerprint density at radius 2 is 1.50 bits per heavy atom. The Morgan fingerprint density at radius 3 is 2.26 bits per heavy atom. The van der Waals surface area contributed by atoms with E-state index in [1.54, 1.807) is 24.3 Å². The Hall–Kier alpha value is -5.43. The van der Waals surface area contributed by atoms with Crippen LogP contribution in [-0.2, 0) is 16.0 Å². The largest absolute Gasteiger partial charge is 0.457 e. The van der Waals surface area contributed by atoms with Crippen molar-refractivity contribution in [2.75, 3.05) is 28.2 Å². The molecule has 5 aromatic rings. The topological polar surface area (TPSA) is 61.9 Å². The van der Waals surface area contributed by atoms with E-state index in [4.69, 9.17) is 4.74 Å². The third-order valence-corrected chi connectivity index (χ3v) is 8.34. The first-order chi connectivity index (χ1) is 22.4. The number of carbonyl (C=O) groups excluding carboxylic acids is 2. The summed E-state index contributed by atoms with van der Waals surface area (Å²) in [5, 5.41) is 3.11. The molecule has 7 heteroatoms. The van der Waals surface area contributed by atoms with Crippen molar-refractivity contribution in [3.05, 3.63) is 149 Å². The average Bonchev–Trinajstić information content (AvgIpc) is 3.48. The Kier molecular flexibility index (Phi) is 9.10. The molecular formula is C39H36FN3O3.